The Balaban J connectivity index is 2.20. The number of rotatable bonds is 3. The molecule has 1 aromatic heterocycles. The fourth-order valence-corrected chi connectivity index (χ4v) is 3.35. The van der Waals surface area contributed by atoms with E-state index in [4.69, 9.17) is 11.6 Å². The normalized spacial score (nSPS) is 11.9. The summed E-state index contributed by atoms with van der Waals surface area (Å²) in [7, 11) is -3.41. The van der Waals surface area contributed by atoms with E-state index in [2.05, 4.69) is 4.98 Å². The highest BCUT2D eigenvalue weighted by atomic mass is 35.5. The largest absolute Gasteiger partial charge is 0.310 e. The second kappa shape index (κ2) is 5.16. The van der Waals surface area contributed by atoms with Gasteiger partial charge in [0.1, 0.15) is 0 Å². The molecule has 0 aliphatic rings. The first-order valence-corrected chi connectivity index (χ1v) is 8.62. The van der Waals surface area contributed by atoms with Gasteiger partial charge in [0.2, 0.25) is 15.0 Å². The summed E-state index contributed by atoms with van der Waals surface area (Å²) in [4.78, 5) is 4.24. The molecule has 0 bridgehead atoms. The SMILES string of the molecule is CS(=O)(=O)c1nc2ccccc2n1Cc1cccc(Cl)c1. The summed E-state index contributed by atoms with van der Waals surface area (Å²) in [5.74, 6) is 0. The maximum absolute atomic E-state index is 12.0. The number of nitrogens with zero attached hydrogens (tertiary/aromatic N) is 2. The average Bonchev–Trinajstić information content (AvgIpc) is 2.78. The zero-order valence-electron chi connectivity index (χ0n) is 11.3. The van der Waals surface area contributed by atoms with Gasteiger partial charge in [-0.2, -0.15) is 0 Å². The summed E-state index contributed by atoms with van der Waals surface area (Å²) in [6.45, 7) is 0.406. The molecule has 108 valence electrons. The predicted molar refractivity (Wildman–Crippen MR) is 83.4 cm³/mol. The van der Waals surface area contributed by atoms with Gasteiger partial charge in [-0.05, 0) is 29.8 Å². The third-order valence-corrected chi connectivity index (χ3v) is 4.39. The van der Waals surface area contributed by atoms with Crippen molar-refractivity contribution in [2.24, 2.45) is 0 Å². The van der Waals surface area contributed by atoms with Crippen LogP contribution in [0.3, 0.4) is 0 Å². The molecule has 0 aliphatic carbocycles. The van der Waals surface area contributed by atoms with Crippen molar-refractivity contribution in [3.63, 3.8) is 0 Å². The van der Waals surface area contributed by atoms with Gasteiger partial charge in [0.25, 0.3) is 0 Å². The number of benzene rings is 2. The molecule has 0 saturated carbocycles. The van der Waals surface area contributed by atoms with E-state index < -0.39 is 9.84 Å². The molecule has 0 unspecified atom stereocenters. The minimum absolute atomic E-state index is 0.0728. The number of imidazole rings is 1. The number of hydrogen-bond donors (Lipinski definition) is 0. The molecule has 4 nitrogen and oxygen atoms in total. The van der Waals surface area contributed by atoms with E-state index in [0.717, 1.165) is 11.1 Å². The van der Waals surface area contributed by atoms with Crippen LogP contribution in [-0.4, -0.2) is 24.2 Å². The topological polar surface area (TPSA) is 52.0 Å². The highest BCUT2D eigenvalue weighted by Crippen LogP contribution is 2.22. The van der Waals surface area contributed by atoms with E-state index in [1.807, 2.05) is 36.4 Å². The van der Waals surface area contributed by atoms with Crippen LogP contribution in [0.1, 0.15) is 5.56 Å². The van der Waals surface area contributed by atoms with Crippen LogP contribution in [0.2, 0.25) is 5.02 Å². The minimum Gasteiger partial charge on any atom is -0.310 e. The molecule has 0 aliphatic heterocycles. The molecule has 0 atom stereocenters. The predicted octanol–water partition coefficient (Wildman–Crippen LogP) is 3.14. The molecule has 21 heavy (non-hydrogen) atoms. The van der Waals surface area contributed by atoms with E-state index >= 15 is 0 Å². The van der Waals surface area contributed by atoms with Crippen molar-refractivity contribution in [3.8, 4) is 0 Å². The molecule has 3 aromatic rings. The van der Waals surface area contributed by atoms with Gasteiger partial charge in [-0.1, -0.05) is 35.9 Å². The van der Waals surface area contributed by atoms with Crippen molar-refractivity contribution in [3.05, 3.63) is 59.1 Å². The molecule has 1 heterocycles. The zero-order valence-corrected chi connectivity index (χ0v) is 12.9. The van der Waals surface area contributed by atoms with E-state index in [-0.39, 0.29) is 5.16 Å². The minimum atomic E-state index is -3.41. The number of hydrogen-bond acceptors (Lipinski definition) is 3. The number of fused-ring (bicyclic) bond motifs is 1. The number of para-hydroxylation sites is 2. The van der Waals surface area contributed by atoms with Gasteiger partial charge >= 0.3 is 0 Å². The summed E-state index contributed by atoms with van der Waals surface area (Å²) in [6.07, 6.45) is 1.17. The second-order valence-corrected chi connectivity index (χ2v) is 7.22. The van der Waals surface area contributed by atoms with Crippen molar-refractivity contribution in [2.75, 3.05) is 6.26 Å². The van der Waals surface area contributed by atoms with Gasteiger partial charge in [0.05, 0.1) is 17.6 Å². The molecule has 6 heteroatoms. The van der Waals surface area contributed by atoms with Crippen LogP contribution in [0.5, 0.6) is 0 Å². The lowest BCUT2D eigenvalue weighted by molar-refractivity contribution is 0.581. The van der Waals surface area contributed by atoms with Crippen molar-refractivity contribution in [2.45, 2.75) is 11.7 Å². The maximum atomic E-state index is 12.0. The smallest absolute Gasteiger partial charge is 0.228 e. The van der Waals surface area contributed by atoms with Gasteiger partial charge in [0, 0.05) is 11.3 Å². The monoisotopic (exact) mass is 320 g/mol. The molecular formula is C15H13ClN2O2S. The van der Waals surface area contributed by atoms with Crippen LogP contribution in [0.25, 0.3) is 11.0 Å². The highest BCUT2D eigenvalue weighted by molar-refractivity contribution is 7.90. The van der Waals surface area contributed by atoms with Gasteiger partial charge in [-0.3, -0.25) is 0 Å². The molecule has 0 saturated heterocycles. The van der Waals surface area contributed by atoms with E-state index in [0.29, 0.717) is 17.1 Å². The quantitative estimate of drug-likeness (QED) is 0.745. The lowest BCUT2D eigenvalue weighted by Crippen LogP contribution is -2.10. The summed E-state index contributed by atoms with van der Waals surface area (Å²) in [5, 5.41) is 0.696. The molecule has 0 fully saturated rings. The third-order valence-electron chi connectivity index (χ3n) is 3.18. The van der Waals surface area contributed by atoms with Gasteiger partial charge in [0.15, 0.2) is 0 Å². The summed E-state index contributed by atoms with van der Waals surface area (Å²) >= 11 is 5.99. The first kappa shape index (κ1) is 14.1. The molecule has 0 spiro atoms. The first-order chi connectivity index (χ1) is 9.95. The Morgan fingerprint density at radius 1 is 1.14 bits per heavy atom. The Hall–Kier alpha value is -1.85. The molecule has 0 amide bonds. The Morgan fingerprint density at radius 3 is 2.62 bits per heavy atom. The average molecular weight is 321 g/mol. The number of sulfone groups is 1. The van der Waals surface area contributed by atoms with Crippen LogP contribution in [0.15, 0.2) is 53.7 Å². The van der Waals surface area contributed by atoms with Crippen LogP contribution >= 0.6 is 11.6 Å². The fraction of sp³-hybridized carbons (Fsp3) is 0.133. The molecule has 2 aromatic carbocycles. The van der Waals surface area contributed by atoms with Crippen LogP contribution in [0, 0.1) is 0 Å². The lowest BCUT2D eigenvalue weighted by Gasteiger charge is -2.08. The number of halogens is 1. The van der Waals surface area contributed by atoms with Crippen molar-refractivity contribution < 1.29 is 8.42 Å². The third kappa shape index (κ3) is 2.80. The lowest BCUT2D eigenvalue weighted by atomic mass is 10.2. The Labute approximate surface area is 127 Å². The standard InChI is InChI=1S/C15H13ClN2O2S/c1-21(19,20)15-17-13-7-2-3-8-14(13)18(15)10-11-5-4-6-12(16)9-11/h2-9H,10H2,1H3. The molecule has 0 N–H and O–H groups in total. The maximum Gasteiger partial charge on any atom is 0.228 e. The summed E-state index contributed by atoms with van der Waals surface area (Å²) in [6, 6.07) is 14.7. The highest BCUT2D eigenvalue weighted by Gasteiger charge is 2.19. The van der Waals surface area contributed by atoms with Crippen molar-refractivity contribution in [1.29, 1.82) is 0 Å². The van der Waals surface area contributed by atoms with Crippen molar-refractivity contribution >= 4 is 32.5 Å². The van der Waals surface area contributed by atoms with Gasteiger partial charge < -0.3 is 4.57 Å². The molecule has 0 radical (unpaired) electrons. The van der Waals surface area contributed by atoms with E-state index in [9.17, 15) is 8.42 Å². The second-order valence-electron chi connectivity index (χ2n) is 4.87. The fourth-order valence-electron chi connectivity index (χ4n) is 2.31. The summed E-state index contributed by atoms with van der Waals surface area (Å²) < 4.78 is 25.6. The first-order valence-electron chi connectivity index (χ1n) is 6.35. The number of aromatic nitrogens is 2. The Morgan fingerprint density at radius 2 is 1.90 bits per heavy atom. The van der Waals surface area contributed by atoms with E-state index in [1.165, 1.54) is 6.26 Å². The summed E-state index contributed by atoms with van der Waals surface area (Å²) in [5.41, 5.74) is 2.38. The Kier molecular flexibility index (Phi) is 3.47. The van der Waals surface area contributed by atoms with E-state index in [1.54, 1.807) is 16.7 Å². The Bertz CT molecular complexity index is 916. The van der Waals surface area contributed by atoms with Gasteiger partial charge in [-0.25, -0.2) is 13.4 Å². The van der Waals surface area contributed by atoms with Crippen LogP contribution < -0.4 is 0 Å². The zero-order chi connectivity index (χ0) is 15.0. The molecular weight excluding hydrogens is 308 g/mol. The van der Waals surface area contributed by atoms with Crippen LogP contribution in [-0.2, 0) is 16.4 Å². The van der Waals surface area contributed by atoms with Crippen molar-refractivity contribution in [1.82, 2.24) is 9.55 Å². The molecule has 3 rings (SSSR count). The van der Waals surface area contributed by atoms with Gasteiger partial charge in [-0.15, -0.1) is 0 Å². The van der Waals surface area contributed by atoms with Crippen LogP contribution in [0.4, 0.5) is 0 Å².